The number of nitrogens with one attached hydrogen (secondary N) is 1. The van der Waals surface area contributed by atoms with Crippen molar-refractivity contribution < 1.29 is 0 Å². The highest BCUT2D eigenvalue weighted by Crippen LogP contribution is 2.26. The fourth-order valence-electron chi connectivity index (χ4n) is 1.88. The Bertz CT molecular complexity index is 466. The molecule has 0 aromatic carbocycles. The van der Waals surface area contributed by atoms with Crippen LogP contribution in [-0.4, -0.2) is 9.97 Å². The Kier molecular flexibility index (Phi) is 2.51. The van der Waals surface area contributed by atoms with Crippen molar-refractivity contribution in [2.45, 2.75) is 39.5 Å². The normalized spacial score (nSPS) is 11.9. The van der Waals surface area contributed by atoms with Crippen molar-refractivity contribution in [1.82, 2.24) is 9.97 Å². The first kappa shape index (κ1) is 10.2. The molecule has 0 spiro atoms. The Hall–Kier alpha value is -1.31. The van der Waals surface area contributed by atoms with Gasteiger partial charge in [0.1, 0.15) is 5.65 Å². The van der Waals surface area contributed by atoms with Gasteiger partial charge in [0.05, 0.1) is 0 Å². The van der Waals surface area contributed by atoms with E-state index in [9.17, 15) is 0 Å². The number of rotatable bonds is 2. The lowest BCUT2D eigenvalue weighted by molar-refractivity contribution is 0.835. The van der Waals surface area contributed by atoms with Gasteiger partial charge in [0.25, 0.3) is 0 Å². The monoisotopic (exact) mass is 202 g/mol. The second-order valence-corrected chi connectivity index (χ2v) is 4.70. The van der Waals surface area contributed by atoms with Crippen molar-refractivity contribution in [1.29, 1.82) is 0 Å². The fourth-order valence-corrected chi connectivity index (χ4v) is 1.88. The van der Waals surface area contributed by atoms with Crippen LogP contribution < -0.4 is 0 Å². The molecule has 0 saturated heterocycles. The third-order valence-electron chi connectivity index (χ3n) is 2.83. The number of pyridine rings is 1. The van der Waals surface area contributed by atoms with Gasteiger partial charge in [-0.2, -0.15) is 0 Å². The Morgan fingerprint density at radius 1 is 1.13 bits per heavy atom. The van der Waals surface area contributed by atoms with Crippen molar-refractivity contribution in [3.8, 4) is 0 Å². The maximum atomic E-state index is 4.37. The standard InChI is InChI=1S/C13H18N2/c1-8(2)10-5-6-14-13-11(10)7-12(15-13)9(3)4/h5-9H,1-4H3,(H,14,15). The average Bonchev–Trinajstić information content (AvgIpc) is 2.60. The molecule has 2 nitrogen and oxygen atoms in total. The minimum Gasteiger partial charge on any atom is -0.343 e. The lowest BCUT2D eigenvalue weighted by Gasteiger charge is -2.05. The Morgan fingerprint density at radius 3 is 2.47 bits per heavy atom. The van der Waals surface area contributed by atoms with Gasteiger partial charge in [0.15, 0.2) is 0 Å². The SMILES string of the molecule is CC(C)c1cc2c(C(C)C)ccnc2[nH]1. The Morgan fingerprint density at radius 2 is 1.87 bits per heavy atom. The molecule has 15 heavy (non-hydrogen) atoms. The first-order valence-electron chi connectivity index (χ1n) is 5.57. The predicted molar refractivity (Wildman–Crippen MR) is 64.3 cm³/mol. The third-order valence-corrected chi connectivity index (χ3v) is 2.83. The quantitative estimate of drug-likeness (QED) is 0.788. The molecule has 1 N–H and O–H groups in total. The molecule has 0 aliphatic heterocycles. The van der Waals surface area contributed by atoms with Crippen LogP contribution in [0.15, 0.2) is 18.3 Å². The van der Waals surface area contributed by atoms with Crippen LogP contribution in [0.5, 0.6) is 0 Å². The molecule has 2 aromatic rings. The van der Waals surface area contributed by atoms with Crippen molar-refractivity contribution in [2.24, 2.45) is 0 Å². The highest BCUT2D eigenvalue weighted by molar-refractivity contribution is 5.81. The number of H-pyrrole nitrogens is 1. The fraction of sp³-hybridized carbons (Fsp3) is 0.462. The van der Waals surface area contributed by atoms with E-state index in [2.05, 4.69) is 49.8 Å². The van der Waals surface area contributed by atoms with Gasteiger partial charge >= 0.3 is 0 Å². The summed E-state index contributed by atoms with van der Waals surface area (Å²) in [7, 11) is 0. The molecular weight excluding hydrogens is 184 g/mol. The first-order valence-corrected chi connectivity index (χ1v) is 5.57. The zero-order valence-corrected chi connectivity index (χ0v) is 9.83. The molecule has 0 fully saturated rings. The van der Waals surface area contributed by atoms with Gasteiger partial charge < -0.3 is 4.98 Å². The van der Waals surface area contributed by atoms with Crippen LogP contribution in [-0.2, 0) is 0 Å². The van der Waals surface area contributed by atoms with E-state index in [-0.39, 0.29) is 0 Å². The van der Waals surface area contributed by atoms with Gasteiger partial charge in [-0.1, -0.05) is 27.7 Å². The van der Waals surface area contributed by atoms with Gasteiger partial charge in [-0.3, -0.25) is 0 Å². The highest BCUT2D eigenvalue weighted by atomic mass is 14.9. The summed E-state index contributed by atoms with van der Waals surface area (Å²) < 4.78 is 0. The molecule has 2 rings (SSSR count). The average molecular weight is 202 g/mol. The molecule has 0 aliphatic carbocycles. The molecule has 0 saturated carbocycles. The minimum absolute atomic E-state index is 0.527. The van der Waals surface area contributed by atoms with Crippen LogP contribution in [0.2, 0.25) is 0 Å². The second kappa shape index (κ2) is 3.69. The number of aromatic nitrogens is 2. The summed E-state index contributed by atoms with van der Waals surface area (Å²) in [5, 5.41) is 1.27. The molecule has 0 bridgehead atoms. The zero-order valence-electron chi connectivity index (χ0n) is 9.83. The molecule has 2 heterocycles. The molecule has 2 heteroatoms. The summed E-state index contributed by atoms with van der Waals surface area (Å²) in [5.74, 6) is 1.07. The number of fused-ring (bicyclic) bond motifs is 1. The summed E-state index contributed by atoms with van der Waals surface area (Å²) >= 11 is 0. The van der Waals surface area contributed by atoms with E-state index in [1.165, 1.54) is 16.6 Å². The lowest BCUT2D eigenvalue weighted by Crippen LogP contribution is -1.88. The Labute approximate surface area is 90.7 Å². The van der Waals surface area contributed by atoms with Crippen molar-refractivity contribution >= 4 is 11.0 Å². The van der Waals surface area contributed by atoms with Gasteiger partial charge in [-0.15, -0.1) is 0 Å². The van der Waals surface area contributed by atoms with E-state index in [0.717, 1.165) is 5.65 Å². The minimum atomic E-state index is 0.527. The molecule has 2 aromatic heterocycles. The van der Waals surface area contributed by atoms with Crippen LogP contribution in [0, 0.1) is 0 Å². The summed E-state index contributed by atoms with van der Waals surface area (Å²) in [6, 6.07) is 4.35. The smallest absolute Gasteiger partial charge is 0.137 e. The van der Waals surface area contributed by atoms with Gasteiger partial charge in [0, 0.05) is 17.3 Å². The third kappa shape index (κ3) is 1.76. The molecular formula is C13H18N2. The number of hydrogen-bond donors (Lipinski definition) is 1. The molecule has 0 unspecified atom stereocenters. The summed E-state index contributed by atoms with van der Waals surface area (Å²) in [5.41, 5.74) is 3.67. The van der Waals surface area contributed by atoms with E-state index >= 15 is 0 Å². The van der Waals surface area contributed by atoms with E-state index in [4.69, 9.17) is 0 Å². The molecule has 0 radical (unpaired) electrons. The predicted octanol–water partition coefficient (Wildman–Crippen LogP) is 3.81. The van der Waals surface area contributed by atoms with Crippen LogP contribution in [0.25, 0.3) is 11.0 Å². The molecule has 0 amide bonds. The van der Waals surface area contributed by atoms with Crippen LogP contribution in [0.3, 0.4) is 0 Å². The Balaban J connectivity index is 2.64. The summed E-state index contributed by atoms with van der Waals surface area (Å²) in [4.78, 5) is 7.75. The van der Waals surface area contributed by atoms with E-state index in [0.29, 0.717) is 11.8 Å². The van der Waals surface area contributed by atoms with Crippen molar-refractivity contribution in [3.05, 3.63) is 29.6 Å². The topological polar surface area (TPSA) is 28.7 Å². The summed E-state index contributed by atoms with van der Waals surface area (Å²) in [6.45, 7) is 8.83. The van der Waals surface area contributed by atoms with Crippen LogP contribution >= 0.6 is 0 Å². The van der Waals surface area contributed by atoms with Gasteiger partial charge in [-0.25, -0.2) is 4.98 Å². The highest BCUT2D eigenvalue weighted by Gasteiger charge is 2.10. The van der Waals surface area contributed by atoms with Crippen molar-refractivity contribution in [2.75, 3.05) is 0 Å². The van der Waals surface area contributed by atoms with Crippen LogP contribution in [0.1, 0.15) is 50.8 Å². The molecule has 0 atom stereocenters. The van der Waals surface area contributed by atoms with Gasteiger partial charge in [-0.05, 0) is 29.5 Å². The van der Waals surface area contributed by atoms with E-state index in [1.807, 2.05) is 6.20 Å². The van der Waals surface area contributed by atoms with Crippen molar-refractivity contribution in [3.63, 3.8) is 0 Å². The zero-order chi connectivity index (χ0) is 11.0. The maximum absolute atomic E-state index is 4.37. The lowest BCUT2D eigenvalue weighted by atomic mass is 10.0. The molecule has 80 valence electrons. The number of nitrogens with zero attached hydrogens (tertiary/aromatic N) is 1. The number of aromatic amines is 1. The largest absolute Gasteiger partial charge is 0.343 e. The van der Waals surface area contributed by atoms with Crippen LogP contribution in [0.4, 0.5) is 0 Å². The summed E-state index contributed by atoms with van der Waals surface area (Å²) in [6.07, 6.45) is 1.89. The second-order valence-electron chi connectivity index (χ2n) is 4.70. The van der Waals surface area contributed by atoms with E-state index < -0.39 is 0 Å². The number of hydrogen-bond acceptors (Lipinski definition) is 1. The van der Waals surface area contributed by atoms with E-state index in [1.54, 1.807) is 0 Å². The maximum Gasteiger partial charge on any atom is 0.137 e. The van der Waals surface area contributed by atoms with Gasteiger partial charge in [0.2, 0.25) is 0 Å². The first-order chi connectivity index (χ1) is 7.09. The molecule has 0 aliphatic rings.